The van der Waals surface area contributed by atoms with Crippen LogP contribution in [-0.4, -0.2) is 42.0 Å². The highest BCUT2D eigenvalue weighted by atomic mass is 35.5. The third-order valence-corrected chi connectivity index (χ3v) is 5.95. The molecule has 1 fully saturated rings. The van der Waals surface area contributed by atoms with Crippen molar-refractivity contribution in [2.45, 2.75) is 13.1 Å². The molecule has 1 heterocycles. The summed E-state index contributed by atoms with van der Waals surface area (Å²) in [4.78, 5) is 26.3. The van der Waals surface area contributed by atoms with Gasteiger partial charge in [-0.1, -0.05) is 41.9 Å². The Kier molecular flexibility index (Phi) is 7.74. The van der Waals surface area contributed by atoms with Crippen molar-refractivity contribution in [1.82, 2.24) is 4.90 Å². The second kappa shape index (κ2) is 11.1. The number of amides is 1. The van der Waals surface area contributed by atoms with Crippen LogP contribution in [0.2, 0.25) is 5.02 Å². The van der Waals surface area contributed by atoms with Gasteiger partial charge in [0, 0.05) is 48.5 Å². The Labute approximate surface area is 202 Å². The third kappa shape index (κ3) is 6.11. The molecule has 3 aromatic carbocycles. The van der Waals surface area contributed by atoms with Gasteiger partial charge in [0.15, 0.2) is 0 Å². The lowest BCUT2D eigenvalue weighted by molar-refractivity contribution is -0.384. The molecule has 4 rings (SSSR count). The van der Waals surface area contributed by atoms with Gasteiger partial charge in [0.25, 0.3) is 11.6 Å². The molecule has 1 saturated heterocycles. The minimum absolute atomic E-state index is 0.180. The highest BCUT2D eigenvalue weighted by Crippen LogP contribution is 2.27. The molecule has 0 spiro atoms. The summed E-state index contributed by atoms with van der Waals surface area (Å²) in [5, 5.41) is 18.1. The standard InChI is InChI=1S/C25H25ClN4O4/c26-22-7-2-1-5-20(22)16-27-23-9-8-19(15-24(23)30(32)33)25(31)28-21-6-3-4-18(14-21)17-29-10-12-34-13-11-29/h1-9,14-15,27H,10-13,16-17H2,(H,28,31). The molecule has 8 nitrogen and oxygen atoms in total. The zero-order valence-corrected chi connectivity index (χ0v) is 19.3. The van der Waals surface area contributed by atoms with Crippen molar-refractivity contribution in [2.24, 2.45) is 0 Å². The second-order valence-electron chi connectivity index (χ2n) is 7.98. The van der Waals surface area contributed by atoms with Crippen molar-refractivity contribution in [2.75, 3.05) is 36.9 Å². The van der Waals surface area contributed by atoms with Crippen LogP contribution in [0.25, 0.3) is 0 Å². The van der Waals surface area contributed by atoms with E-state index in [0.717, 1.165) is 44.0 Å². The SMILES string of the molecule is O=C(Nc1cccc(CN2CCOCC2)c1)c1ccc(NCc2ccccc2Cl)c([N+](=O)[O-])c1. The molecular weight excluding hydrogens is 456 g/mol. The number of nitro groups is 1. The first kappa shape index (κ1) is 23.7. The van der Waals surface area contributed by atoms with E-state index in [9.17, 15) is 14.9 Å². The number of morpholine rings is 1. The fourth-order valence-electron chi connectivity index (χ4n) is 3.77. The molecule has 0 bridgehead atoms. The van der Waals surface area contributed by atoms with Gasteiger partial charge in [-0.2, -0.15) is 0 Å². The Morgan fingerprint density at radius 2 is 1.85 bits per heavy atom. The number of rotatable bonds is 8. The minimum Gasteiger partial charge on any atom is -0.379 e. The van der Waals surface area contributed by atoms with Crippen LogP contribution < -0.4 is 10.6 Å². The largest absolute Gasteiger partial charge is 0.379 e. The molecule has 9 heteroatoms. The molecule has 34 heavy (non-hydrogen) atoms. The van der Waals surface area contributed by atoms with E-state index < -0.39 is 10.8 Å². The van der Waals surface area contributed by atoms with E-state index in [4.69, 9.17) is 16.3 Å². The Bertz CT molecular complexity index is 1180. The number of nitro benzene ring substituents is 1. The van der Waals surface area contributed by atoms with Gasteiger partial charge in [-0.3, -0.25) is 19.8 Å². The molecule has 0 radical (unpaired) electrons. The summed E-state index contributed by atoms with van der Waals surface area (Å²) >= 11 is 6.17. The maximum atomic E-state index is 12.8. The van der Waals surface area contributed by atoms with Gasteiger partial charge in [-0.05, 0) is 41.5 Å². The topological polar surface area (TPSA) is 96.7 Å². The molecular formula is C25H25ClN4O4. The molecule has 2 N–H and O–H groups in total. The van der Waals surface area contributed by atoms with Crippen LogP contribution in [0.15, 0.2) is 66.7 Å². The second-order valence-corrected chi connectivity index (χ2v) is 8.38. The van der Waals surface area contributed by atoms with Gasteiger partial charge in [-0.25, -0.2) is 0 Å². The van der Waals surface area contributed by atoms with Gasteiger partial charge in [0.05, 0.1) is 18.1 Å². The van der Waals surface area contributed by atoms with Gasteiger partial charge in [0.2, 0.25) is 0 Å². The summed E-state index contributed by atoms with van der Waals surface area (Å²) < 4.78 is 5.38. The number of benzene rings is 3. The first-order valence-electron chi connectivity index (χ1n) is 11.0. The zero-order chi connectivity index (χ0) is 23.9. The average Bonchev–Trinajstić information content (AvgIpc) is 2.84. The molecule has 0 atom stereocenters. The molecule has 1 aliphatic heterocycles. The summed E-state index contributed by atoms with van der Waals surface area (Å²) in [5.41, 5.74) is 2.87. The van der Waals surface area contributed by atoms with Crippen molar-refractivity contribution in [1.29, 1.82) is 0 Å². The number of ether oxygens (including phenoxy) is 1. The number of anilines is 2. The van der Waals surface area contributed by atoms with Gasteiger partial charge >= 0.3 is 0 Å². The third-order valence-electron chi connectivity index (χ3n) is 5.58. The van der Waals surface area contributed by atoms with Crippen molar-refractivity contribution in [3.05, 3.63) is 98.6 Å². The molecule has 1 amide bonds. The van der Waals surface area contributed by atoms with E-state index in [2.05, 4.69) is 15.5 Å². The first-order valence-corrected chi connectivity index (χ1v) is 11.3. The van der Waals surface area contributed by atoms with Gasteiger partial charge in [0.1, 0.15) is 5.69 Å². The quantitative estimate of drug-likeness (QED) is 0.350. The van der Waals surface area contributed by atoms with Crippen LogP contribution >= 0.6 is 11.6 Å². The summed E-state index contributed by atoms with van der Waals surface area (Å²) in [6, 6.07) is 19.3. The molecule has 0 saturated carbocycles. The molecule has 0 aromatic heterocycles. The fourth-order valence-corrected chi connectivity index (χ4v) is 3.98. The lowest BCUT2D eigenvalue weighted by Gasteiger charge is -2.26. The first-order chi connectivity index (χ1) is 16.5. The number of hydrogen-bond donors (Lipinski definition) is 2. The number of hydrogen-bond acceptors (Lipinski definition) is 6. The van der Waals surface area contributed by atoms with Crippen LogP contribution in [0.1, 0.15) is 21.5 Å². The lowest BCUT2D eigenvalue weighted by Crippen LogP contribution is -2.35. The van der Waals surface area contributed by atoms with E-state index in [1.165, 1.54) is 6.07 Å². The number of nitrogens with one attached hydrogen (secondary N) is 2. The van der Waals surface area contributed by atoms with E-state index in [1.807, 2.05) is 36.4 Å². The number of carbonyl (C=O) groups is 1. The fraction of sp³-hybridized carbons (Fsp3) is 0.240. The van der Waals surface area contributed by atoms with Crippen molar-refractivity contribution >= 4 is 34.6 Å². The van der Waals surface area contributed by atoms with Crippen LogP contribution in [0.4, 0.5) is 17.1 Å². The normalized spacial score (nSPS) is 13.9. The van der Waals surface area contributed by atoms with Gasteiger partial charge < -0.3 is 15.4 Å². The maximum Gasteiger partial charge on any atom is 0.293 e. The molecule has 176 valence electrons. The van der Waals surface area contributed by atoms with Crippen molar-refractivity contribution in [3.63, 3.8) is 0 Å². The highest BCUT2D eigenvalue weighted by Gasteiger charge is 2.18. The predicted molar refractivity (Wildman–Crippen MR) is 132 cm³/mol. The summed E-state index contributed by atoms with van der Waals surface area (Å²) in [5.74, 6) is -0.413. The monoisotopic (exact) mass is 480 g/mol. The Balaban J connectivity index is 1.44. The number of nitrogens with zero attached hydrogens (tertiary/aromatic N) is 2. The predicted octanol–water partition coefficient (Wildman–Crippen LogP) is 4.94. The molecule has 0 unspecified atom stereocenters. The van der Waals surface area contributed by atoms with Crippen molar-refractivity contribution in [3.8, 4) is 0 Å². The molecule has 0 aliphatic carbocycles. The summed E-state index contributed by atoms with van der Waals surface area (Å²) in [7, 11) is 0. The maximum absolute atomic E-state index is 12.8. The van der Waals surface area contributed by atoms with Crippen LogP contribution in [0.5, 0.6) is 0 Å². The van der Waals surface area contributed by atoms with Crippen LogP contribution in [-0.2, 0) is 17.8 Å². The minimum atomic E-state index is -0.505. The summed E-state index contributed by atoms with van der Waals surface area (Å²) in [6.07, 6.45) is 0. The summed E-state index contributed by atoms with van der Waals surface area (Å²) in [6.45, 7) is 4.28. The van der Waals surface area contributed by atoms with Gasteiger partial charge in [-0.15, -0.1) is 0 Å². The van der Waals surface area contributed by atoms with E-state index >= 15 is 0 Å². The van der Waals surface area contributed by atoms with Crippen LogP contribution in [0.3, 0.4) is 0 Å². The van der Waals surface area contributed by atoms with E-state index in [1.54, 1.807) is 24.3 Å². The smallest absolute Gasteiger partial charge is 0.293 e. The number of carbonyl (C=O) groups excluding carboxylic acids is 1. The molecule has 1 aliphatic rings. The lowest BCUT2D eigenvalue weighted by atomic mass is 10.1. The highest BCUT2D eigenvalue weighted by molar-refractivity contribution is 6.31. The average molecular weight is 481 g/mol. The zero-order valence-electron chi connectivity index (χ0n) is 18.5. The van der Waals surface area contributed by atoms with Crippen LogP contribution in [0, 0.1) is 10.1 Å². The van der Waals surface area contributed by atoms with Crippen molar-refractivity contribution < 1.29 is 14.5 Å². The molecule has 3 aromatic rings. The number of halogens is 1. The van der Waals surface area contributed by atoms with E-state index in [-0.39, 0.29) is 11.3 Å². The Morgan fingerprint density at radius 1 is 1.06 bits per heavy atom. The Morgan fingerprint density at radius 3 is 2.62 bits per heavy atom. The van der Waals surface area contributed by atoms with E-state index in [0.29, 0.717) is 22.9 Å². The Hall–Kier alpha value is -3.46.